The molecule has 0 amide bonds. The van der Waals surface area contributed by atoms with Gasteiger partial charge in [-0.25, -0.2) is 0 Å². The number of Topliss-reactive ketones (excluding diaryl/α,β-unsaturated/α-hetero) is 1. The van der Waals surface area contributed by atoms with Gasteiger partial charge < -0.3 is 74.7 Å². The third-order valence-electron chi connectivity index (χ3n) is 7.20. The van der Waals surface area contributed by atoms with Crippen molar-refractivity contribution in [3.05, 3.63) is 47.2 Å². The Morgan fingerprint density at radius 2 is 1.30 bits per heavy atom. The monoisotopic (exact) mass is 610 g/mol. The van der Waals surface area contributed by atoms with Gasteiger partial charge in [0.1, 0.15) is 71.6 Å². The maximum Gasteiger partial charge on any atom is 0.235 e. The van der Waals surface area contributed by atoms with Gasteiger partial charge in [-0.05, 0) is 23.8 Å². The molecule has 0 aromatic heterocycles. The number of aliphatic hydroxyl groups excluding tert-OH is 8. The van der Waals surface area contributed by atoms with E-state index in [1.807, 2.05) is 0 Å². The molecular formula is C27H30O16. The van der Waals surface area contributed by atoms with E-state index in [0.29, 0.717) is 0 Å². The number of allylic oxidation sites excluding steroid dienone is 1. The van der Waals surface area contributed by atoms with Crippen LogP contribution in [0.4, 0.5) is 0 Å². The van der Waals surface area contributed by atoms with Gasteiger partial charge in [-0.1, -0.05) is 6.07 Å². The predicted molar refractivity (Wildman–Crippen MR) is 138 cm³/mol. The summed E-state index contributed by atoms with van der Waals surface area (Å²) in [6, 6.07) is 6.05. The molecule has 3 aliphatic rings. The molecule has 3 aliphatic heterocycles. The quantitative estimate of drug-likeness (QED) is 0.111. The van der Waals surface area contributed by atoms with Crippen molar-refractivity contribution in [2.24, 2.45) is 0 Å². The van der Waals surface area contributed by atoms with Gasteiger partial charge in [0.05, 0.1) is 13.2 Å². The van der Waals surface area contributed by atoms with Crippen LogP contribution >= 0.6 is 0 Å². The highest BCUT2D eigenvalue weighted by Crippen LogP contribution is 2.43. The van der Waals surface area contributed by atoms with Gasteiger partial charge >= 0.3 is 0 Å². The minimum Gasteiger partial charge on any atom is -0.504 e. The zero-order valence-electron chi connectivity index (χ0n) is 22.1. The van der Waals surface area contributed by atoms with Crippen molar-refractivity contribution < 1.29 is 79.5 Å². The van der Waals surface area contributed by atoms with Crippen molar-refractivity contribution in [1.29, 1.82) is 0 Å². The van der Waals surface area contributed by atoms with E-state index in [2.05, 4.69) is 0 Å². The first-order valence-corrected chi connectivity index (χ1v) is 13.0. The van der Waals surface area contributed by atoms with Crippen LogP contribution in [0.5, 0.6) is 28.7 Å². The number of phenols is 2. The van der Waals surface area contributed by atoms with Gasteiger partial charge in [0.15, 0.2) is 17.3 Å². The Morgan fingerprint density at radius 1 is 0.721 bits per heavy atom. The highest BCUT2D eigenvalue weighted by Gasteiger charge is 2.47. The van der Waals surface area contributed by atoms with Gasteiger partial charge in [-0.15, -0.1) is 0 Å². The van der Waals surface area contributed by atoms with E-state index in [-0.39, 0.29) is 34.1 Å². The molecule has 3 heterocycles. The Morgan fingerprint density at radius 3 is 1.86 bits per heavy atom. The number of aromatic hydroxyl groups is 2. The number of hydrogen-bond acceptors (Lipinski definition) is 16. The molecular weight excluding hydrogens is 580 g/mol. The van der Waals surface area contributed by atoms with Gasteiger partial charge in [-0.2, -0.15) is 0 Å². The van der Waals surface area contributed by atoms with Crippen molar-refractivity contribution in [2.75, 3.05) is 13.2 Å². The minimum atomic E-state index is -1.85. The second kappa shape index (κ2) is 12.2. The van der Waals surface area contributed by atoms with Crippen LogP contribution in [0.15, 0.2) is 36.1 Å². The largest absolute Gasteiger partial charge is 0.504 e. The first kappa shape index (κ1) is 30.9. The fraction of sp³-hybridized carbons (Fsp3) is 0.444. The summed E-state index contributed by atoms with van der Waals surface area (Å²) in [4.78, 5) is 13.4. The maximum absolute atomic E-state index is 13.4. The second-order valence-corrected chi connectivity index (χ2v) is 10.1. The summed E-state index contributed by atoms with van der Waals surface area (Å²) in [5.41, 5.74) is 0.0491. The van der Waals surface area contributed by atoms with Gasteiger partial charge in [0.25, 0.3) is 0 Å². The van der Waals surface area contributed by atoms with Crippen molar-refractivity contribution in [3.8, 4) is 28.7 Å². The molecule has 0 radical (unpaired) electrons. The maximum atomic E-state index is 13.4. The first-order chi connectivity index (χ1) is 20.4. The number of hydrogen-bond donors (Lipinski definition) is 10. The molecule has 5 rings (SSSR count). The molecule has 10 atom stereocenters. The normalized spacial score (nSPS) is 35.0. The van der Waals surface area contributed by atoms with E-state index in [1.165, 1.54) is 30.3 Å². The van der Waals surface area contributed by atoms with E-state index < -0.39 is 91.9 Å². The van der Waals surface area contributed by atoms with Crippen molar-refractivity contribution >= 4 is 11.9 Å². The molecule has 234 valence electrons. The van der Waals surface area contributed by atoms with Crippen molar-refractivity contribution in [3.63, 3.8) is 0 Å². The third kappa shape index (κ3) is 5.85. The summed E-state index contributed by atoms with van der Waals surface area (Å²) < 4.78 is 27.9. The van der Waals surface area contributed by atoms with Crippen LogP contribution in [0.2, 0.25) is 0 Å². The summed E-state index contributed by atoms with van der Waals surface area (Å²) in [5, 5.41) is 99.8. The van der Waals surface area contributed by atoms with Crippen LogP contribution in [-0.2, 0) is 9.47 Å². The first-order valence-electron chi connectivity index (χ1n) is 13.0. The lowest BCUT2D eigenvalue weighted by Gasteiger charge is -2.40. The Kier molecular flexibility index (Phi) is 8.77. The Labute approximate surface area is 242 Å². The number of ketones is 1. The molecule has 0 bridgehead atoms. The number of aliphatic hydroxyl groups is 8. The number of fused-ring (bicyclic) bond motifs is 1. The Bertz CT molecular complexity index is 1370. The van der Waals surface area contributed by atoms with Crippen LogP contribution in [0, 0.1) is 0 Å². The molecule has 43 heavy (non-hydrogen) atoms. The smallest absolute Gasteiger partial charge is 0.235 e. The van der Waals surface area contributed by atoms with Crippen molar-refractivity contribution in [1.82, 2.24) is 0 Å². The minimum absolute atomic E-state index is 0.166. The second-order valence-electron chi connectivity index (χ2n) is 10.1. The van der Waals surface area contributed by atoms with Crippen LogP contribution in [0.1, 0.15) is 15.9 Å². The Hall–Kier alpha value is -3.55. The number of carbonyl (C=O) groups excluding carboxylic acids is 1. The summed E-state index contributed by atoms with van der Waals surface area (Å²) >= 11 is 0. The number of benzene rings is 2. The lowest BCUT2D eigenvalue weighted by atomic mass is 9.99. The molecule has 0 spiro atoms. The van der Waals surface area contributed by atoms with Crippen LogP contribution in [-0.4, -0.2) is 131 Å². The molecule has 2 aromatic rings. The number of phenolic OH excluding ortho intramolecular Hbond substituents is 2. The standard InChI is InChI=1S/C27H30O16/c28-7-16-20(33)22(35)24(37)26(42-16)39-10-5-13-18(19(32)15(40-13)4-9-1-2-11(30)12(31)3-9)14(6-10)41-27-25(38)23(36)21(34)17(8-29)43-27/h1-6,16-17,20-31,33-38H,7-8H2/b15-4+/t16?,17?,20-,21-,22+,23+,24?,25?,26-,27-/m1/s1. The highest BCUT2D eigenvalue weighted by molar-refractivity contribution is 6.16. The van der Waals surface area contributed by atoms with E-state index in [9.17, 15) is 55.9 Å². The number of rotatable bonds is 7. The average Bonchev–Trinajstić information content (AvgIpc) is 3.29. The molecule has 0 aliphatic carbocycles. The fourth-order valence-electron chi connectivity index (χ4n) is 4.78. The molecule has 0 saturated carbocycles. The lowest BCUT2D eigenvalue weighted by Crippen LogP contribution is -2.60. The summed E-state index contributed by atoms with van der Waals surface area (Å²) in [5.74, 6) is -2.58. The fourth-order valence-corrected chi connectivity index (χ4v) is 4.78. The van der Waals surface area contributed by atoms with Gasteiger partial charge in [0, 0.05) is 12.1 Å². The predicted octanol–water partition coefficient (Wildman–Crippen LogP) is -2.93. The molecule has 10 N–H and O–H groups in total. The Balaban J connectivity index is 1.51. The average molecular weight is 611 g/mol. The molecule has 16 heteroatoms. The van der Waals surface area contributed by atoms with Crippen LogP contribution in [0.25, 0.3) is 6.08 Å². The summed E-state index contributed by atoms with van der Waals surface area (Å²) in [7, 11) is 0. The molecule has 2 aromatic carbocycles. The topological polar surface area (TPSA) is 266 Å². The van der Waals surface area contributed by atoms with E-state index >= 15 is 0 Å². The SMILES string of the molecule is O=C1/C(=C\c2ccc(O)c(O)c2)Oc2cc(O[C@@H]3OC(CO)[C@@H](O)[C@H](O)C3O)cc(O[C@@H]3OC(CO)[C@@H](O)[C@H](O)C3O)c21. The van der Waals surface area contributed by atoms with Gasteiger partial charge in [-0.3, -0.25) is 4.79 Å². The molecule has 2 fully saturated rings. The third-order valence-corrected chi connectivity index (χ3v) is 7.20. The molecule has 4 unspecified atom stereocenters. The van der Waals surface area contributed by atoms with E-state index in [1.54, 1.807) is 0 Å². The summed E-state index contributed by atoms with van der Waals surface area (Å²) in [6.07, 6.45) is -15.3. The van der Waals surface area contributed by atoms with E-state index in [4.69, 9.17) is 23.7 Å². The van der Waals surface area contributed by atoms with Crippen LogP contribution in [0.3, 0.4) is 0 Å². The van der Waals surface area contributed by atoms with Crippen LogP contribution < -0.4 is 14.2 Å². The zero-order valence-corrected chi connectivity index (χ0v) is 22.1. The van der Waals surface area contributed by atoms with E-state index in [0.717, 1.165) is 6.07 Å². The number of ether oxygens (including phenoxy) is 5. The highest BCUT2D eigenvalue weighted by atomic mass is 16.7. The number of carbonyl (C=O) groups is 1. The lowest BCUT2D eigenvalue weighted by molar-refractivity contribution is -0.278. The summed E-state index contributed by atoms with van der Waals surface area (Å²) in [6.45, 7) is -1.48. The van der Waals surface area contributed by atoms with Crippen molar-refractivity contribution in [2.45, 2.75) is 61.4 Å². The molecule has 16 nitrogen and oxygen atoms in total. The zero-order chi connectivity index (χ0) is 31.2. The molecule has 2 saturated heterocycles. The van der Waals surface area contributed by atoms with Gasteiger partial charge in [0.2, 0.25) is 18.4 Å².